The molecule has 3 aliphatic carbocycles. The Bertz CT molecular complexity index is 697. The molecule has 2 bridgehead atoms. The summed E-state index contributed by atoms with van der Waals surface area (Å²) < 4.78 is 0. The number of benzene rings is 2. The van der Waals surface area contributed by atoms with Gasteiger partial charge in [-0.1, -0.05) is 166 Å². The van der Waals surface area contributed by atoms with Crippen LogP contribution in [0.5, 0.6) is 0 Å². The van der Waals surface area contributed by atoms with E-state index in [9.17, 15) is 0 Å². The Morgan fingerprint density at radius 3 is 1.13 bits per heavy atom. The molecule has 232 valence electrons. The van der Waals surface area contributed by atoms with E-state index in [1.165, 1.54) is 44.1 Å². The third-order valence-electron chi connectivity index (χ3n) is 8.44. The van der Waals surface area contributed by atoms with Gasteiger partial charge in [0.05, 0.1) is 0 Å². The standard InChI is InChI=1S/C12H16.C9H16.C7H8.C4H10.C2H6.5CH4/c1-9-7-11-5-3-4-6-12(11)8-10(9)2;1-6-7(2)9-4-3-8(6)5-9;1-7-5-3-2-4-6-7;1-3-4-2;1-2;;;;;/h3-6,9-10H,7-8H2,1-2H3;6-9H,3-5H2,1-2H3;2-6H,1H3;3-4H2,1-2H3;1-2H3;5*1H4. The molecule has 2 aromatic rings. The highest BCUT2D eigenvalue weighted by molar-refractivity contribution is 5.30. The Balaban J connectivity index is -0.000000130. The monoisotopic (exact) mass is 545 g/mol. The molecule has 0 saturated heterocycles. The van der Waals surface area contributed by atoms with Crippen molar-refractivity contribution in [3.05, 3.63) is 71.3 Å². The number of hydrogen-bond donors (Lipinski definition) is 0. The van der Waals surface area contributed by atoms with Gasteiger partial charge in [0.1, 0.15) is 0 Å². The second kappa shape index (κ2) is 26.7. The average molecular weight is 545 g/mol. The molecule has 0 nitrogen and oxygen atoms in total. The van der Waals surface area contributed by atoms with E-state index in [0.29, 0.717) is 0 Å². The molecule has 2 fully saturated rings. The summed E-state index contributed by atoms with van der Waals surface area (Å²) >= 11 is 0. The van der Waals surface area contributed by atoms with E-state index in [4.69, 9.17) is 0 Å². The van der Waals surface area contributed by atoms with Crippen molar-refractivity contribution in [3.63, 3.8) is 0 Å². The third-order valence-corrected chi connectivity index (χ3v) is 8.44. The zero-order valence-electron chi connectivity index (χ0n) is 24.1. The van der Waals surface area contributed by atoms with Crippen molar-refractivity contribution in [1.82, 2.24) is 0 Å². The van der Waals surface area contributed by atoms with Crippen molar-refractivity contribution >= 4 is 0 Å². The summed E-state index contributed by atoms with van der Waals surface area (Å²) in [5, 5.41) is 0. The van der Waals surface area contributed by atoms with Crippen LogP contribution in [0.1, 0.15) is 141 Å². The molecule has 0 aliphatic heterocycles. The van der Waals surface area contributed by atoms with Crippen molar-refractivity contribution in [3.8, 4) is 0 Å². The second-order valence-corrected chi connectivity index (χ2v) is 10.8. The maximum Gasteiger partial charge on any atom is -0.0248 e. The van der Waals surface area contributed by atoms with E-state index in [1.54, 1.807) is 17.5 Å². The quantitative estimate of drug-likeness (QED) is 0.335. The van der Waals surface area contributed by atoms with Crippen LogP contribution in [0.2, 0.25) is 0 Å². The van der Waals surface area contributed by atoms with E-state index in [1.807, 2.05) is 32.0 Å². The van der Waals surface area contributed by atoms with Gasteiger partial charge in [-0.3, -0.25) is 0 Å². The lowest BCUT2D eigenvalue weighted by Crippen LogP contribution is -2.20. The molecule has 0 radical (unpaired) electrons. The molecule has 2 saturated carbocycles. The van der Waals surface area contributed by atoms with Gasteiger partial charge in [-0.15, -0.1) is 0 Å². The van der Waals surface area contributed by atoms with Crippen molar-refractivity contribution in [2.75, 3.05) is 0 Å². The number of fused-ring (bicyclic) bond motifs is 3. The first-order valence-corrected chi connectivity index (χ1v) is 14.5. The molecule has 0 amide bonds. The second-order valence-electron chi connectivity index (χ2n) is 10.8. The van der Waals surface area contributed by atoms with Gasteiger partial charge in [-0.05, 0) is 85.7 Å². The lowest BCUT2D eigenvalue weighted by Gasteiger charge is -2.27. The lowest BCUT2D eigenvalue weighted by molar-refractivity contribution is 0.259. The van der Waals surface area contributed by atoms with Gasteiger partial charge in [0.15, 0.2) is 0 Å². The zero-order chi connectivity index (χ0) is 25.5. The number of aryl methyl sites for hydroxylation is 1. The Morgan fingerprint density at radius 1 is 0.564 bits per heavy atom. The summed E-state index contributed by atoms with van der Waals surface area (Å²) in [6.07, 6.45) is 9.82. The largest absolute Gasteiger partial charge is 0.0776 e. The predicted molar refractivity (Wildman–Crippen MR) is 188 cm³/mol. The van der Waals surface area contributed by atoms with Gasteiger partial charge in [0.25, 0.3) is 0 Å². The fourth-order valence-corrected chi connectivity index (χ4v) is 5.45. The minimum absolute atomic E-state index is 0. The first-order valence-electron chi connectivity index (χ1n) is 14.5. The summed E-state index contributed by atoms with van der Waals surface area (Å²) in [4.78, 5) is 0. The van der Waals surface area contributed by atoms with Gasteiger partial charge < -0.3 is 0 Å². The highest BCUT2D eigenvalue weighted by Gasteiger charge is 2.42. The van der Waals surface area contributed by atoms with Crippen LogP contribution < -0.4 is 0 Å². The normalized spacial score (nSPS) is 24.2. The van der Waals surface area contributed by atoms with Crippen LogP contribution >= 0.6 is 0 Å². The fraction of sp³-hybridized carbons (Fsp3) is 0.692. The summed E-state index contributed by atoms with van der Waals surface area (Å²) in [6.45, 7) is 20.0. The van der Waals surface area contributed by atoms with Gasteiger partial charge >= 0.3 is 0 Å². The van der Waals surface area contributed by atoms with Crippen molar-refractivity contribution in [2.45, 2.75) is 144 Å². The lowest BCUT2D eigenvalue weighted by atomic mass is 9.78. The average Bonchev–Trinajstić information content (AvgIpc) is 3.46. The highest BCUT2D eigenvalue weighted by Crippen LogP contribution is 2.51. The fourth-order valence-electron chi connectivity index (χ4n) is 5.45. The smallest absolute Gasteiger partial charge is 0.0248 e. The molecule has 0 N–H and O–H groups in total. The van der Waals surface area contributed by atoms with E-state index in [2.05, 4.69) is 84.9 Å². The molecular weight excluding hydrogens is 468 g/mol. The van der Waals surface area contributed by atoms with Crippen LogP contribution in [-0.4, -0.2) is 0 Å². The molecule has 2 aromatic carbocycles. The van der Waals surface area contributed by atoms with Crippen LogP contribution in [0.25, 0.3) is 0 Å². The summed E-state index contributed by atoms with van der Waals surface area (Å²) in [5.41, 5.74) is 4.47. The molecule has 6 unspecified atom stereocenters. The SMILES string of the molecule is C.C.C.C.C.CC.CC1C2CCC(C2)C1C.CC1Cc2ccccc2CC1C.CCCC.Cc1ccccc1. The first-order chi connectivity index (χ1) is 16.4. The Kier molecular flexibility index (Phi) is 32.3. The summed E-state index contributed by atoms with van der Waals surface area (Å²) in [6, 6.07) is 19.1. The van der Waals surface area contributed by atoms with E-state index >= 15 is 0 Å². The molecule has 0 aromatic heterocycles. The third kappa shape index (κ3) is 16.3. The van der Waals surface area contributed by atoms with Gasteiger partial charge in [0.2, 0.25) is 0 Å². The van der Waals surface area contributed by atoms with Crippen molar-refractivity contribution in [1.29, 1.82) is 0 Å². The summed E-state index contributed by atoms with van der Waals surface area (Å²) in [7, 11) is 0. The minimum Gasteiger partial charge on any atom is -0.0776 e. The van der Waals surface area contributed by atoms with Gasteiger partial charge in [-0.2, -0.15) is 0 Å². The van der Waals surface area contributed by atoms with Gasteiger partial charge in [-0.25, -0.2) is 0 Å². The predicted octanol–water partition coefficient (Wildman–Crippen LogP) is 13.8. The zero-order valence-corrected chi connectivity index (χ0v) is 24.1. The summed E-state index contributed by atoms with van der Waals surface area (Å²) in [5.74, 6) is 6.04. The molecule has 6 atom stereocenters. The number of unbranched alkanes of at least 4 members (excludes halogenated alkanes) is 1. The molecule has 3 aliphatic rings. The van der Waals surface area contributed by atoms with Crippen LogP contribution in [0.3, 0.4) is 0 Å². The van der Waals surface area contributed by atoms with E-state index in [-0.39, 0.29) is 37.1 Å². The Morgan fingerprint density at radius 2 is 0.897 bits per heavy atom. The molecular formula is C39H76. The topological polar surface area (TPSA) is 0 Å². The van der Waals surface area contributed by atoms with E-state index < -0.39 is 0 Å². The van der Waals surface area contributed by atoms with Crippen LogP contribution in [-0.2, 0) is 12.8 Å². The van der Waals surface area contributed by atoms with Gasteiger partial charge in [0, 0.05) is 0 Å². The first kappa shape index (κ1) is 47.2. The van der Waals surface area contributed by atoms with Crippen molar-refractivity contribution in [2.24, 2.45) is 35.5 Å². The minimum atomic E-state index is 0. The molecule has 5 rings (SSSR count). The van der Waals surface area contributed by atoms with E-state index in [0.717, 1.165) is 35.5 Å². The number of hydrogen-bond acceptors (Lipinski definition) is 0. The molecule has 0 heteroatoms. The van der Waals surface area contributed by atoms with Crippen LogP contribution in [0.15, 0.2) is 54.6 Å². The molecule has 0 spiro atoms. The van der Waals surface area contributed by atoms with Crippen LogP contribution in [0.4, 0.5) is 0 Å². The van der Waals surface area contributed by atoms with Crippen LogP contribution in [0, 0.1) is 42.4 Å². The Hall–Kier alpha value is -1.56. The highest BCUT2D eigenvalue weighted by atomic mass is 14.5. The maximum absolute atomic E-state index is 2.44. The maximum atomic E-state index is 2.44. The molecule has 0 heterocycles. The molecule has 39 heavy (non-hydrogen) atoms. The Labute approximate surface area is 250 Å². The number of rotatable bonds is 1. The van der Waals surface area contributed by atoms with Crippen molar-refractivity contribution < 1.29 is 0 Å².